The normalized spacial score (nSPS) is 15.4. The number of halogens is 2. The molecule has 0 aliphatic heterocycles. The van der Waals surface area contributed by atoms with Crippen LogP contribution in [0, 0.1) is 11.6 Å². The van der Waals surface area contributed by atoms with E-state index in [9.17, 15) is 13.6 Å². The molecule has 1 atom stereocenters. The number of carbonyl (C=O) groups excluding carboxylic acids is 1. The molecule has 22 heavy (non-hydrogen) atoms. The van der Waals surface area contributed by atoms with Gasteiger partial charge >= 0.3 is 0 Å². The van der Waals surface area contributed by atoms with Gasteiger partial charge in [0.15, 0.2) is 0 Å². The Bertz CT molecular complexity index is 674. The quantitative estimate of drug-likeness (QED) is 0.842. The first-order valence-electron chi connectivity index (χ1n) is 7.10. The fourth-order valence-electron chi connectivity index (χ4n) is 2.10. The van der Waals surface area contributed by atoms with Crippen LogP contribution in [-0.2, 0) is 4.79 Å². The van der Waals surface area contributed by atoms with E-state index in [0.717, 1.165) is 36.2 Å². The van der Waals surface area contributed by atoms with E-state index in [4.69, 9.17) is 0 Å². The molecule has 1 aliphatic rings. The number of thioether (sulfide) groups is 1. The second-order valence-corrected chi connectivity index (χ2v) is 6.41. The molecular weight excluding hydrogens is 304 g/mol. The molecule has 5 heteroatoms. The van der Waals surface area contributed by atoms with Gasteiger partial charge in [-0.1, -0.05) is 30.3 Å². The third-order valence-electron chi connectivity index (χ3n) is 3.40. The van der Waals surface area contributed by atoms with Gasteiger partial charge in [-0.25, -0.2) is 8.78 Å². The van der Waals surface area contributed by atoms with Crippen LogP contribution in [0.1, 0.15) is 23.7 Å². The van der Waals surface area contributed by atoms with Crippen molar-refractivity contribution in [1.82, 2.24) is 5.32 Å². The number of nitrogens with one attached hydrogen (secondary N) is 1. The van der Waals surface area contributed by atoms with Crippen LogP contribution < -0.4 is 5.32 Å². The molecule has 0 radical (unpaired) electrons. The van der Waals surface area contributed by atoms with Gasteiger partial charge in [0, 0.05) is 17.0 Å². The van der Waals surface area contributed by atoms with E-state index in [1.165, 1.54) is 12.1 Å². The summed E-state index contributed by atoms with van der Waals surface area (Å²) in [4.78, 5) is 12.7. The minimum atomic E-state index is -0.648. The summed E-state index contributed by atoms with van der Waals surface area (Å²) in [5.74, 6) is -1.41. The lowest BCUT2D eigenvalue weighted by molar-refractivity contribution is -0.120. The lowest BCUT2D eigenvalue weighted by atomic mass is 10.1. The molecule has 3 rings (SSSR count). The third-order valence-corrected chi connectivity index (χ3v) is 4.71. The van der Waals surface area contributed by atoms with Gasteiger partial charge in [0.2, 0.25) is 5.91 Å². The van der Waals surface area contributed by atoms with Crippen LogP contribution in [0.5, 0.6) is 0 Å². The lowest BCUT2D eigenvalue weighted by Gasteiger charge is -2.17. The first kappa shape index (κ1) is 15.0. The van der Waals surface area contributed by atoms with Crippen molar-refractivity contribution >= 4 is 17.7 Å². The molecule has 0 spiro atoms. The second-order valence-electron chi connectivity index (χ2n) is 5.27. The highest BCUT2D eigenvalue weighted by atomic mass is 32.2. The van der Waals surface area contributed by atoms with Crippen molar-refractivity contribution in [2.24, 2.45) is 0 Å². The van der Waals surface area contributed by atoms with E-state index in [0.29, 0.717) is 0 Å². The first-order valence-corrected chi connectivity index (χ1v) is 7.98. The van der Waals surface area contributed by atoms with Crippen LogP contribution in [0.2, 0.25) is 0 Å². The van der Waals surface area contributed by atoms with Gasteiger partial charge in [-0.3, -0.25) is 4.79 Å². The Balaban J connectivity index is 1.85. The molecule has 0 bridgehead atoms. The van der Waals surface area contributed by atoms with E-state index in [1.54, 1.807) is 0 Å². The zero-order valence-electron chi connectivity index (χ0n) is 11.8. The molecule has 2 aromatic rings. The van der Waals surface area contributed by atoms with E-state index >= 15 is 0 Å². The molecule has 2 aromatic carbocycles. The fraction of sp³-hybridized carbons (Fsp3) is 0.235. The maximum atomic E-state index is 13.9. The van der Waals surface area contributed by atoms with E-state index < -0.39 is 16.9 Å². The van der Waals surface area contributed by atoms with Gasteiger partial charge in [-0.15, -0.1) is 11.8 Å². The predicted molar refractivity (Wildman–Crippen MR) is 82.6 cm³/mol. The molecule has 2 nitrogen and oxygen atoms in total. The number of hydrogen-bond acceptors (Lipinski definition) is 2. The lowest BCUT2D eigenvalue weighted by Crippen LogP contribution is -2.29. The number of benzene rings is 2. The molecule has 1 amide bonds. The summed E-state index contributed by atoms with van der Waals surface area (Å²) < 4.78 is 26.9. The van der Waals surface area contributed by atoms with Gasteiger partial charge in [0.25, 0.3) is 0 Å². The van der Waals surface area contributed by atoms with Gasteiger partial charge in [-0.2, -0.15) is 0 Å². The van der Waals surface area contributed by atoms with Gasteiger partial charge in [0.05, 0.1) is 0 Å². The van der Waals surface area contributed by atoms with Crippen LogP contribution in [0.3, 0.4) is 0 Å². The molecule has 1 saturated carbocycles. The SMILES string of the molecule is O=C(NC1CC1)[C@H](Sc1ccc(F)cc1F)c1ccccc1. The van der Waals surface area contributed by atoms with Crippen LogP contribution >= 0.6 is 11.8 Å². The Labute approximate surface area is 131 Å². The zero-order valence-corrected chi connectivity index (χ0v) is 12.6. The predicted octanol–water partition coefficient (Wildman–Crippen LogP) is 4.08. The Morgan fingerprint density at radius 2 is 1.86 bits per heavy atom. The molecule has 0 saturated heterocycles. The Hall–Kier alpha value is -1.88. The topological polar surface area (TPSA) is 29.1 Å². The highest BCUT2D eigenvalue weighted by Crippen LogP contribution is 2.37. The summed E-state index contributed by atoms with van der Waals surface area (Å²) in [6.45, 7) is 0. The monoisotopic (exact) mass is 319 g/mol. The van der Waals surface area contributed by atoms with Crippen LogP contribution in [0.15, 0.2) is 53.4 Å². The summed E-state index contributed by atoms with van der Waals surface area (Å²) in [6.07, 6.45) is 1.98. The molecule has 1 N–H and O–H groups in total. The Morgan fingerprint density at radius 3 is 2.50 bits per heavy atom. The Kier molecular flexibility index (Phi) is 4.43. The zero-order chi connectivity index (χ0) is 15.5. The van der Waals surface area contributed by atoms with Crippen molar-refractivity contribution < 1.29 is 13.6 Å². The molecule has 1 aliphatic carbocycles. The summed E-state index contributed by atoms with van der Waals surface area (Å²) in [5.41, 5.74) is 0.800. The highest BCUT2D eigenvalue weighted by molar-refractivity contribution is 8.00. The van der Waals surface area contributed by atoms with Crippen molar-refractivity contribution in [3.63, 3.8) is 0 Å². The van der Waals surface area contributed by atoms with Gasteiger partial charge in [-0.05, 0) is 30.5 Å². The van der Waals surface area contributed by atoms with Crippen LogP contribution in [0.25, 0.3) is 0 Å². The van der Waals surface area contributed by atoms with Gasteiger partial charge < -0.3 is 5.32 Å². The van der Waals surface area contributed by atoms with Crippen molar-refractivity contribution in [2.75, 3.05) is 0 Å². The van der Waals surface area contributed by atoms with Crippen molar-refractivity contribution in [1.29, 1.82) is 0 Å². The standard InChI is InChI=1S/C17H15F2NOS/c18-12-6-9-15(14(19)10-12)22-16(11-4-2-1-3-5-11)17(21)20-13-7-8-13/h1-6,9-10,13,16H,7-8H2,(H,20,21)/t16-/m1/s1. The van der Waals surface area contributed by atoms with E-state index in [1.807, 2.05) is 30.3 Å². The molecule has 0 aromatic heterocycles. The summed E-state index contributed by atoms with van der Waals surface area (Å²) in [7, 11) is 0. The Morgan fingerprint density at radius 1 is 1.14 bits per heavy atom. The van der Waals surface area contributed by atoms with Crippen molar-refractivity contribution in [3.05, 3.63) is 65.7 Å². The summed E-state index contributed by atoms with van der Waals surface area (Å²) in [5, 5.41) is 2.39. The molecule has 114 valence electrons. The average molecular weight is 319 g/mol. The molecule has 0 unspecified atom stereocenters. The minimum Gasteiger partial charge on any atom is -0.352 e. The smallest absolute Gasteiger partial charge is 0.238 e. The number of hydrogen-bond donors (Lipinski definition) is 1. The average Bonchev–Trinajstić information content (AvgIpc) is 3.31. The first-order chi connectivity index (χ1) is 10.6. The van der Waals surface area contributed by atoms with Crippen molar-refractivity contribution in [2.45, 2.75) is 29.0 Å². The largest absolute Gasteiger partial charge is 0.352 e. The summed E-state index contributed by atoms with van der Waals surface area (Å²) in [6, 6.07) is 12.9. The summed E-state index contributed by atoms with van der Waals surface area (Å²) >= 11 is 1.10. The van der Waals surface area contributed by atoms with Crippen LogP contribution in [0.4, 0.5) is 8.78 Å². The molecule has 0 heterocycles. The van der Waals surface area contributed by atoms with Gasteiger partial charge in [0.1, 0.15) is 16.9 Å². The minimum absolute atomic E-state index is 0.137. The second kappa shape index (κ2) is 6.48. The highest BCUT2D eigenvalue weighted by Gasteiger charge is 2.29. The maximum absolute atomic E-state index is 13.9. The van der Waals surface area contributed by atoms with Crippen LogP contribution in [-0.4, -0.2) is 11.9 Å². The molecule has 1 fully saturated rings. The number of carbonyl (C=O) groups is 1. The van der Waals surface area contributed by atoms with Crippen molar-refractivity contribution in [3.8, 4) is 0 Å². The molecular formula is C17H15F2NOS. The van der Waals surface area contributed by atoms with E-state index in [-0.39, 0.29) is 16.8 Å². The maximum Gasteiger partial charge on any atom is 0.238 e. The third kappa shape index (κ3) is 3.65. The number of rotatable bonds is 5. The fourth-order valence-corrected chi connectivity index (χ4v) is 3.14. The van der Waals surface area contributed by atoms with E-state index in [2.05, 4.69) is 5.32 Å². The number of amides is 1.